The number of nitrogens with zero attached hydrogens (tertiary/aromatic N) is 2. The standard InChI is InChI=1S/C15H25N3O/c1-4-13-11-18(14(5-2)9-17-13)10-12-7-6-8-16-15(12)19-3/h6-8,13-14,17H,4-5,9-11H2,1-3H3. The van der Waals surface area contributed by atoms with Crippen molar-refractivity contribution in [3.63, 3.8) is 0 Å². The molecule has 0 radical (unpaired) electrons. The van der Waals surface area contributed by atoms with Gasteiger partial charge in [-0.25, -0.2) is 4.98 Å². The van der Waals surface area contributed by atoms with Crippen molar-refractivity contribution in [3.05, 3.63) is 23.9 Å². The second-order valence-electron chi connectivity index (χ2n) is 5.18. The van der Waals surface area contributed by atoms with Gasteiger partial charge in [0.2, 0.25) is 5.88 Å². The van der Waals surface area contributed by atoms with Gasteiger partial charge >= 0.3 is 0 Å². The lowest BCUT2D eigenvalue weighted by Crippen LogP contribution is -2.55. The van der Waals surface area contributed by atoms with E-state index in [0.29, 0.717) is 12.1 Å². The van der Waals surface area contributed by atoms with Gasteiger partial charge < -0.3 is 10.1 Å². The Bertz CT molecular complexity index is 397. The maximum Gasteiger partial charge on any atom is 0.217 e. The molecular formula is C15H25N3O. The molecule has 0 aliphatic carbocycles. The maximum absolute atomic E-state index is 5.36. The molecule has 1 saturated heterocycles. The van der Waals surface area contributed by atoms with Crippen molar-refractivity contribution in [2.24, 2.45) is 0 Å². The molecule has 0 aromatic carbocycles. The number of methoxy groups -OCH3 is 1. The van der Waals surface area contributed by atoms with E-state index < -0.39 is 0 Å². The molecule has 2 unspecified atom stereocenters. The number of piperazine rings is 1. The third-order valence-corrected chi connectivity index (χ3v) is 3.99. The van der Waals surface area contributed by atoms with Gasteiger partial charge in [-0.1, -0.05) is 19.9 Å². The Hall–Kier alpha value is -1.13. The fourth-order valence-corrected chi connectivity index (χ4v) is 2.75. The maximum atomic E-state index is 5.36. The number of hydrogen-bond acceptors (Lipinski definition) is 4. The Balaban J connectivity index is 2.09. The average Bonchev–Trinajstić information content (AvgIpc) is 2.47. The summed E-state index contributed by atoms with van der Waals surface area (Å²) in [4.78, 5) is 6.85. The summed E-state index contributed by atoms with van der Waals surface area (Å²) in [5, 5.41) is 3.63. The lowest BCUT2D eigenvalue weighted by Gasteiger charge is -2.40. The zero-order valence-corrected chi connectivity index (χ0v) is 12.2. The molecule has 4 heteroatoms. The number of aromatic nitrogens is 1. The van der Waals surface area contributed by atoms with Crippen LogP contribution in [-0.2, 0) is 6.54 Å². The van der Waals surface area contributed by atoms with E-state index in [0.717, 1.165) is 25.5 Å². The fourth-order valence-electron chi connectivity index (χ4n) is 2.75. The highest BCUT2D eigenvalue weighted by molar-refractivity contribution is 5.25. The Morgan fingerprint density at radius 2 is 2.26 bits per heavy atom. The van der Waals surface area contributed by atoms with Gasteiger partial charge in [-0.05, 0) is 18.9 Å². The molecule has 1 aromatic rings. The molecule has 0 bridgehead atoms. The fraction of sp³-hybridized carbons (Fsp3) is 0.667. The molecule has 1 aromatic heterocycles. The first-order valence-electron chi connectivity index (χ1n) is 7.23. The van der Waals surface area contributed by atoms with Gasteiger partial charge in [0.1, 0.15) is 0 Å². The number of pyridine rings is 1. The van der Waals surface area contributed by atoms with Crippen LogP contribution in [0.5, 0.6) is 5.88 Å². The van der Waals surface area contributed by atoms with Gasteiger partial charge in [0.25, 0.3) is 0 Å². The molecule has 1 N–H and O–H groups in total. The van der Waals surface area contributed by atoms with Crippen molar-refractivity contribution < 1.29 is 4.74 Å². The quantitative estimate of drug-likeness (QED) is 0.882. The van der Waals surface area contributed by atoms with E-state index in [4.69, 9.17) is 4.74 Å². The zero-order chi connectivity index (χ0) is 13.7. The van der Waals surface area contributed by atoms with Crippen LogP contribution in [0.2, 0.25) is 0 Å². The van der Waals surface area contributed by atoms with Crippen molar-refractivity contribution in [1.82, 2.24) is 15.2 Å². The summed E-state index contributed by atoms with van der Waals surface area (Å²) in [6.45, 7) is 7.61. The van der Waals surface area contributed by atoms with Crippen LogP contribution in [0.25, 0.3) is 0 Å². The van der Waals surface area contributed by atoms with Crippen molar-refractivity contribution in [1.29, 1.82) is 0 Å². The summed E-state index contributed by atoms with van der Waals surface area (Å²) in [6.07, 6.45) is 4.13. The first kappa shape index (κ1) is 14.3. The Morgan fingerprint density at radius 1 is 1.42 bits per heavy atom. The lowest BCUT2D eigenvalue weighted by molar-refractivity contribution is 0.116. The summed E-state index contributed by atoms with van der Waals surface area (Å²) in [5.74, 6) is 0.754. The average molecular weight is 263 g/mol. The summed E-state index contributed by atoms with van der Waals surface area (Å²) in [6, 6.07) is 5.30. The van der Waals surface area contributed by atoms with Gasteiger partial charge in [0.05, 0.1) is 7.11 Å². The normalized spacial score (nSPS) is 24.4. The van der Waals surface area contributed by atoms with Gasteiger partial charge in [-0.3, -0.25) is 4.90 Å². The van der Waals surface area contributed by atoms with Gasteiger partial charge in [0.15, 0.2) is 0 Å². The van der Waals surface area contributed by atoms with E-state index in [2.05, 4.69) is 35.1 Å². The molecule has 106 valence electrons. The molecule has 0 amide bonds. The number of ether oxygens (including phenoxy) is 1. The summed E-state index contributed by atoms with van der Waals surface area (Å²) >= 11 is 0. The highest BCUT2D eigenvalue weighted by atomic mass is 16.5. The number of hydrogen-bond donors (Lipinski definition) is 1. The van der Waals surface area contributed by atoms with E-state index in [9.17, 15) is 0 Å². The van der Waals surface area contributed by atoms with Crippen LogP contribution in [0, 0.1) is 0 Å². The third kappa shape index (κ3) is 3.45. The molecule has 1 fully saturated rings. The van der Waals surface area contributed by atoms with Crippen LogP contribution in [-0.4, -0.2) is 42.2 Å². The molecule has 4 nitrogen and oxygen atoms in total. The van der Waals surface area contributed by atoms with E-state index >= 15 is 0 Å². The van der Waals surface area contributed by atoms with Gasteiger partial charge in [-0.2, -0.15) is 0 Å². The predicted molar refractivity (Wildman–Crippen MR) is 77.4 cm³/mol. The first-order chi connectivity index (χ1) is 9.28. The summed E-state index contributed by atoms with van der Waals surface area (Å²) in [7, 11) is 1.69. The van der Waals surface area contributed by atoms with Crippen molar-refractivity contribution in [3.8, 4) is 5.88 Å². The monoisotopic (exact) mass is 263 g/mol. The van der Waals surface area contributed by atoms with Crippen molar-refractivity contribution >= 4 is 0 Å². The molecule has 1 aliphatic heterocycles. The smallest absolute Gasteiger partial charge is 0.217 e. The number of rotatable bonds is 5. The third-order valence-electron chi connectivity index (χ3n) is 3.99. The van der Waals surface area contributed by atoms with Crippen LogP contribution in [0.15, 0.2) is 18.3 Å². The second kappa shape index (κ2) is 6.87. The zero-order valence-electron chi connectivity index (χ0n) is 12.2. The topological polar surface area (TPSA) is 37.4 Å². The summed E-state index contributed by atoms with van der Waals surface area (Å²) in [5.41, 5.74) is 1.18. The minimum absolute atomic E-state index is 0.602. The second-order valence-corrected chi connectivity index (χ2v) is 5.18. The van der Waals surface area contributed by atoms with Crippen LogP contribution < -0.4 is 10.1 Å². The molecule has 0 spiro atoms. The highest BCUT2D eigenvalue weighted by Crippen LogP contribution is 2.20. The van der Waals surface area contributed by atoms with Crippen molar-refractivity contribution in [2.75, 3.05) is 20.2 Å². The lowest BCUT2D eigenvalue weighted by atomic mass is 10.0. The van der Waals surface area contributed by atoms with Crippen LogP contribution in [0.4, 0.5) is 0 Å². The largest absolute Gasteiger partial charge is 0.481 e. The molecular weight excluding hydrogens is 238 g/mol. The highest BCUT2D eigenvalue weighted by Gasteiger charge is 2.26. The van der Waals surface area contributed by atoms with Crippen molar-refractivity contribution in [2.45, 2.75) is 45.3 Å². The Kier molecular flexibility index (Phi) is 5.16. The van der Waals surface area contributed by atoms with Crippen LogP contribution in [0.3, 0.4) is 0 Å². The SMILES string of the molecule is CCC1CN(Cc2cccnc2OC)C(CC)CN1. The first-order valence-corrected chi connectivity index (χ1v) is 7.23. The molecule has 2 rings (SSSR count). The molecule has 2 atom stereocenters. The van der Waals surface area contributed by atoms with Crippen LogP contribution >= 0.6 is 0 Å². The molecule has 2 heterocycles. The van der Waals surface area contributed by atoms with E-state index in [1.165, 1.54) is 18.4 Å². The molecule has 19 heavy (non-hydrogen) atoms. The van der Waals surface area contributed by atoms with E-state index in [1.54, 1.807) is 13.3 Å². The van der Waals surface area contributed by atoms with Crippen LogP contribution in [0.1, 0.15) is 32.3 Å². The van der Waals surface area contributed by atoms with E-state index in [1.807, 2.05) is 6.07 Å². The predicted octanol–water partition coefficient (Wildman–Crippen LogP) is 2.05. The Morgan fingerprint density at radius 3 is 2.95 bits per heavy atom. The Labute approximate surface area is 116 Å². The molecule has 0 saturated carbocycles. The summed E-state index contributed by atoms with van der Waals surface area (Å²) < 4.78 is 5.36. The van der Waals surface area contributed by atoms with E-state index in [-0.39, 0.29) is 0 Å². The number of nitrogens with one attached hydrogen (secondary N) is 1. The van der Waals surface area contributed by atoms with Gasteiger partial charge in [0, 0.05) is 43.5 Å². The molecule has 1 aliphatic rings. The van der Waals surface area contributed by atoms with Gasteiger partial charge in [-0.15, -0.1) is 0 Å². The minimum Gasteiger partial charge on any atom is -0.481 e. The minimum atomic E-state index is 0.602.